The Labute approximate surface area is 148 Å². The Morgan fingerprint density at radius 1 is 1.04 bits per heavy atom. The zero-order valence-electron chi connectivity index (χ0n) is 15.2. The molecule has 1 atom stereocenters. The molecule has 0 spiro atoms. The van der Waals surface area contributed by atoms with Crippen molar-refractivity contribution in [2.24, 2.45) is 0 Å². The number of aryl methyl sites for hydroxylation is 1. The van der Waals surface area contributed by atoms with E-state index in [4.69, 9.17) is 14.2 Å². The zero-order valence-corrected chi connectivity index (χ0v) is 15.2. The Balaban J connectivity index is 1.95. The van der Waals surface area contributed by atoms with E-state index in [0.29, 0.717) is 18.0 Å². The lowest BCUT2D eigenvalue weighted by molar-refractivity contribution is -0.127. The second kappa shape index (κ2) is 8.97. The highest BCUT2D eigenvalue weighted by atomic mass is 16.5. The zero-order chi connectivity index (χ0) is 18.2. The van der Waals surface area contributed by atoms with Gasteiger partial charge < -0.3 is 19.5 Å². The lowest BCUT2D eigenvalue weighted by atomic mass is 10.1. The second-order valence-electron chi connectivity index (χ2n) is 5.63. The van der Waals surface area contributed by atoms with Crippen LogP contribution in [-0.2, 0) is 17.8 Å². The monoisotopic (exact) mass is 343 g/mol. The Hall–Kier alpha value is -2.69. The third kappa shape index (κ3) is 4.89. The standard InChI is InChI=1S/C20H25NO4/c1-5-16-8-6-7-9-17(16)25-14(2)20(22)21-13-15-10-11-18(23-3)19(12-15)24-4/h6-12,14H,5,13H2,1-4H3,(H,21,22)/t14-/m0/s1. The van der Waals surface area contributed by atoms with Gasteiger partial charge in [-0.15, -0.1) is 0 Å². The molecular formula is C20H25NO4. The average Bonchev–Trinajstić information content (AvgIpc) is 2.66. The summed E-state index contributed by atoms with van der Waals surface area (Å²) in [6, 6.07) is 13.3. The molecule has 0 aliphatic rings. The number of carbonyl (C=O) groups excluding carboxylic acids is 1. The molecule has 2 aromatic carbocycles. The van der Waals surface area contributed by atoms with Gasteiger partial charge in [0.05, 0.1) is 14.2 Å². The summed E-state index contributed by atoms with van der Waals surface area (Å²) in [6.45, 7) is 4.20. The van der Waals surface area contributed by atoms with E-state index in [1.54, 1.807) is 21.1 Å². The van der Waals surface area contributed by atoms with Crippen LogP contribution >= 0.6 is 0 Å². The van der Waals surface area contributed by atoms with Crippen LogP contribution in [0, 0.1) is 0 Å². The number of hydrogen-bond acceptors (Lipinski definition) is 4. The van der Waals surface area contributed by atoms with Crippen molar-refractivity contribution < 1.29 is 19.0 Å². The van der Waals surface area contributed by atoms with Gasteiger partial charge in [-0.25, -0.2) is 0 Å². The largest absolute Gasteiger partial charge is 0.493 e. The van der Waals surface area contributed by atoms with E-state index in [1.165, 1.54) is 0 Å². The molecule has 0 saturated carbocycles. The van der Waals surface area contributed by atoms with Crippen LogP contribution in [0.1, 0.15) is 25.0 Å². The van der Waals surface area contributed by atoms with Crippen LogP contribution in [0.4, 0.5) is 0 Å². The minimum absolute atomic E-state index is 0.166. The van der Waals surface area contributed by atoms with Crippen molar-refractivity contribution in [2.75, 3.05) is 14.2 Å². The molecular weight excluding hydrogens is 318 g/mol. The van der Waals surface area contributed by atoms with Crippen LogP contribution in [0.2, 0.25) is 0 Å². The van der Waals surface area contributed by atoms with Crippen LogP contribution < -0.4 is 19.5 Å². The molecule has 1 amide bonds. The van der Waals surface area contributed by atoms with Gasteiger partial charge in [0.15, 0.2) is 17.6 Å². The quantitative estimate of drug-likeness (QED) is 0.799. The maximum Gasteiger partial charge on any atom is 0.261 e. The molecule has 5 heteroatoms. The molecule has 134 valence electrons. The summed E-state index contributed by atoms with van der Waals surface area (Å²) in [7, 11) is 3.17. The number of rotatable bonds is 8. The van der Waals surface area contributed by atoms with Crippen molar-refractivity contribution in [3.63, 3.8) is 0 Å². The van der Waals surface area contributed by atoms with E-state index in [1.807, 2.05) is 42.5 Å². The number of amides is 1. The normalized spacial score (nSPS) is 11.5. The van der Waals surface area contributed by atoms with Crippen LogP contribution in [0.25, 0.3) is 0 Å². The third-order valence-electron chi connectivity index (χ3n) is 3.94. The van der Waals surface area contributed by atoms with Gasteiger partial charge >= 0.3 is 0 Å². The minimum Gasteiger partial charge on any atom is -0.493 e. The summed E-state index contributed by atoms with van der Waals surface area (Å²) < 4.78 is 16.3. The maximum atomic E-state index is 12.3. The highest BCUT2D eigenvalue weighted by Crippen LogP contribution is 2.27. The highest BCUT2D eigenvalue weighted by molar-refractivity contribution is 5.80. The first-order valence-electron chi connectivity index (χ1n) is 8.32. The summed E-state index contributed by atoms with van der Waals surface area (Å²) >= 11 is 0. The average molecular weight is 343 g/mol. The summed E-state index contributed by atoms with van der Waals surface area (Å²) in [5.41, 5.74) is 2.01. The fourth-order valence-electron chi connectivity index (χ4n) is 2.48. The number of hydrogen-bond donors (Lipinski definition) is 1. The van der Waals surface area contributed by atoms with E-state index >= 15 is 0 Å². The van der Waals surface area contributed by atoms with E-state index < -0.39 is 6.10 Å². The molecule has 0 aliphatic heterocycles. The Bertz CT molecular complexity index is 715. The number of carbonyl (C=O) groups is 1. The fourth-order valence-corrected chi connectivity index (χ4v) is 2.48. The molecule has 1 N–H and O–H groups in total. The van der Waals surface area contributed by atoms with Crippen molar-refractivity contribution >= 4 is 5.91 Å². The van der Waals surface area contributed by atoms with E-state index in [9.17, 15) is 4.79 Å². The van der Waals surface area contributed by atoms with Gasteiger partial charge in [0.25, 0.3) is 5.91 Å². The van der Waals surface area contributed by atoms with Crippen LogP contribution in [0.3, 0.4) is 0 Å². The fraction of sp³-hybridized carbons (Fsp3) is 0.350. The van der Waals surface area contributed by atoms with Crippen molar-refractivity contribution in [1.29, 1.82) is 0 Å². The molecule has 0 radical (unpaired) electrons. The van der Waals surface area contributed by atoms with Gasteiger partial charge in [-0.2, -0.15) is 0 Å². The smallest absolute Gasteiger partial charge is 0.261 e. The highest BCUT2D eigenvalue weighted by Gasteiger charge is 2.16. The summed E-state index contributed by atoms with van der Waals surface area (Å²) in [5, 5.41) is 2.88. The molecule has 2 aromatic rings. The first-order chi connectivity index (χ1) is 12.1. The summed E-state index contributed by atoms with van der Waals surface area (Å²) in [6.07, 6.45) is 0.281. The van der Waals surface area contributed by atoms with Crippen LogP contribution in [0.5, 0.6) is 17.2 Å². The Kier molecular flexibility index (Phi) is 6.69. The Morgan fingerprint density at radius 3 is 2.44 bits per heavy atom. The summed E-state index contributed by atoms with van der Waals surface area (Å²) in [5.74, 6) is 1.88. The second-order valence-corrected chi connectivity index (χ2v) is 5.63. The number of methoxy groups -OCH3 is 2. The predicted octanol–water partition coefficient (Wildman–Crippen LogP) is 3.35. The van der Waals surface area contributed by atoms with Crippen molar-refractivity contribution in [1.82, 2.24) is 5.32 Å². The van der Waals surface area contributed by atoms with Gasteiger partial charge in [0.2, 0.25) is 0 Å². The van der Waals surface area contributed by atoms with Gasteiger partial charge in [-0.3, -0.25) is 4.79 Å². The molecule has 0 heterocycles. The van der Waals surface area contributed by atoms with Gasteiger partial charge in [0, 0.05) is 6.54 Å². The van der Waals surface area contributed by atoms with Gasteiger partial charge in [0.1, 0.15) is 5.75 Å². The molecule has 2 rings (SSSR count). The molecule has 5 nitrogen and oxygen atoms in total. The molecule has 25 heavy (non-hydrogen) atoms. The third-order valence-corrected chi connectivity index (χ3v) is 3.94. The number of ether oxygens (including phenoxy) is 3. The summed E-state index contributed by atoms with van der Waals surface area (Å²) in [4.78, 5) is 12.3. The van der Waals surface area contributed by atoms with E-state index in [0.717, 1.165) is 23.3 Å². The number of benzene rings is 2. The van der Waals surface area contributed by atoms with Crippen molar-refractivity contribution in [2.45, 2.75) is 32.9 Å². The lowest BCUT2D eigenvalue weighted by Gasteiger charge is -2.17. The number of nitrogens with one attached hydrogen (secondary N) is 1. The molecule has 0 bridgehead atoms. The lowest BCUT2D eigenvalue weighted by Crippen LogP contribution is -2.36. The first-order valence-corrected chi connectivity index (χ1v) is 8.32. The number of para-hydroxylation sites is 1. The Morgan fingerprint density at radius 2 is 1.76 bits per heavy atom. The molecule has 0 aromatic heterocycles. The van der Waals surface area contributed by atoms with Crippen LogP contribution in [-0.4, -0.2) is 26.2 Å². The van der Waals surface area contributed by atoms with E-state index in [2.05, 4.69) is 12.2 Å². The van der Waals surface area contributed by atoms with Crippen molar-refractivity contribution in [3.05, 3.63) is 53.6 Å². The molecule has 0 aliphatic carbocycles. The first kappa shape index (κ1) is 18.6. The predicted molar refractivity (Wildman–Crippen MR) is 97.3 cm³/mol. The van der Waals surface area contributed by atoms with Crippen molar-refractivity contribution in [3.8, 4) is 17.2 Å². The maximum absolute atomic E-state index is 12.3. The van der Waals surface area contributed by atoms with E-state index in [-0.39, 0.29) is 5.91 Å². The topological polar surface area (TPSA) is 56.8 Å². The molecule has 0 unspecified atom stereocenters. The molecule has 0 saturated heterocycles. The SMILES string of the molecule is CCc1ccccc1O[C@@H](C)C(=O)NCc1ccc(OC)c(OC)c1. The van der Waals surface area contributed by atoms with Gasteiger partial charge in [-0.05, 0) is 42.7 Å². The molecule has 0 fully saturated rings. The van der Waals surface area contributed by atoms with Gasteiger partial charge in [-0.1, -0.05) is 31.2 Å². The minimum atomic E-state index is -0.576. The van der Waals surface area contributed by atoms with Crippen LogP contribution in [0.15, 0.2) is 42.5 Å².